The lowest BCUT2D eigenvalue weighted by atomic mass is 9.68. The number of imide groups is 1. The van der Waals surface area contributed by atoms with Crippen LogP contribution in [0.25, 0.3) is 0 Å². The lowest BCUT2D eigenvalue weighted by Crippen LogP contribution is -2.36. The number of thiazole rings is 1. The first-order valence-corrected chi connectivity index (χ1v) is 11.4. The topological polar surface area (TPSA) is 53.5 Å². The van der Waals surface area contributed by atoms with Crippen molar-refractivity contribution in [1.82, 2.24) is 4.98 Å². The van der Waals surface area contributed by atoms with Gasteiger partial charge in [0.15, 0.2) is 5.13 Å². The summed E-state index contributed by atoms with van der Waals surface area (Å²) in [5, 5.41) is 0.884. The molecule has 0 radical (unpaired) electrons. The molecule has 0 bridgehead atoms. The van der Waals surface area contributed by atoms with E-state index in [2.05, 4.69) is 19.1 Å². The van der Waals surface area contributed by atoms with E-state index in [4.69, 9.17) is 4.98 Å². The Bertz CT molecular complexity index is 1130. The van der Waals surface area contributed by atoms with Gasteiger partial charge in [-0.15, -0.1) is 11.3 Å². The highest BCUT2D eigenvalue weighted by Crippen LogP contribution is 2.53. The van der Waals surface area contributed by atoms with Crippen LogP contribution in [0.3, 0.4) is 0 Å². The van der Waals surface area contributed by atoms with Crippen molar-refractivity contribution in [3.63, 3.8) is 0 Å². The first kappa shape index (κ1) is 19.9. The van der Waals surface area contributed by atoms with Gasteiger partial charge < -0.3 is 4.90 Å². The largest absolute Gasteiger partial charge is 0.354 e. The van der Waals surface area contributed by atoms with Crippen LogP contribution in [0.5, 0.6) is 0 Å². The van der Waals surface area contributed by atoms with E-state index in [0.29, 0.717) is 12.1 Å². The van der Waals surface area contributed by atoms with Gasteiger partial charge >= 0.3 is 0 Å². The maximum absolute atomic E-state index is 13.7. The molecule has 1 fully saturated rings. The normalized spacial score (nSPS) is 23.5. The molecule has 158 valence electrons. The van der Waals surface area contributed by atoms with Gasteiger partial charge in [-0.3, -0.25) is 9.59 Å². The standard InChI is InChI=1S/C25H25N3O2S/c1-15(16-10-6-4-7-11-16)18-14-19-22(31-25(26-19)27(2)3)21-20(18)23(29)28(24(21)30)17-12-8-5-9-13-17/h4-13,15,18,20-21H,14H2,1-3H3/t15-,18+,20-,21-/m0/s1. The summed E-state index contributed by atoms with van der Waals surface area (Å²) in [6.45, 7) is 2.17. The summed E-state index contributed by atoms with van der Waals surface area (Å²) >= 11 is 1.55. The number of carbonyl (C=O) groups excluding carboxylic acids is 2. The number of benzene rings is 2. The van der Waals surface area contributed by atoms with Crippen molar-refractivity contribution in [3.8, 4) is 0 Å². The molecule has 1 aromatic heterocycles. The summed E-state index contributed by atoms with van der Waals surface area (Å²) in [5.41, 5.74) is 2.81. The van der Waals surface area contributed by atoms with Crippen LogP contribution in [0.1, 0.15) is 34.9 Å². The third kappa shape index (κ3) is 3.17. The Labute approximate surface area is 186 Å². The summed E-state index contributed by atoms with van der Waals surface area (Å²) in [6.07, 6.45) is 0.707. The molecule has 0 saturated carbocycles. The Kier molecular flexibility index (Phi) is 4.89. The second kappa shape index (κ2) is 7.61. The van der Waals surface area contributed by atoms with Gasteiger partial charge in [0.05, 0.1) is 23.2 Å². The molecule has 5 nitrogen and oxygen atoms in total. The highest BCUT2D eigenvalue weighted by molar-refractivity contribution is 7.16. The number of rotatable bonds is 4. The first-order valence-electron chi connectivity index (χ1n) is 10.6. The van der Waals surface area contributed by atoms with Gasteiger partial charge in [-0.05, 0) is 36.0 Å². The molecule has 1 aliphatic carbocycles. The molecule has 2 heterocycles. The van der Waals surface area contributed by atoms with E-state index in [-0.39, 0.29) is 29.6 Å². The Hall–Kier alpha value is -2.99. The Morgan fingerprint density at radius 2 is 1.65 bits per heavy atom. The predicted molar refractivity (Wildman–Crippen MR) is 124 cm³/mol. The highest BCUT2D eigenvalue weighted by Gasteiger charge is 2.57. The van der Waals surface area contributed by atoms with E-state index in [1.807, 2.05) is 67.5 Å². The minimum Gasteiger partial charge on any atom is -0.354 e. The second-order valence-corrected chi connectivity index (χ2v) is 9.63. The van der Waals surface area contributed by atoms with Crippen molar-refractivity contribution in [3.05, 3.63) is 76.8 Å². The zero-order chi connectivity index (χ0) is 21.7. The van der Waals surface area contributed by atoms with E-state index in [1.165, 1.54) is 10.5 Å². The molecule has 2 amide bonds. The van der Waals surface area contributed by atoms with Crippen molar-refractivity contribution in [2.24, 2.45) is 11.8 Å². The maximum atomic E-state index is 13.7. The average molecular weight is 432 g/mol. The monoisotopic (exact) mass is 431 g/mol. The molecule has 1 aliphatic heterocycles. The lowest BCUT2D eigenvalue weighted by Gasteiger charge is -2.34. The first-order chi connectivity index (χ1) is 15.0. The van der Waals surface area contributed by atoms with Gasteiger partial charge in [0, 0.05) is 19.0 Å². The van der Waals surface area contributed by atoms with Crippen molar-refractivity contribution in [2.75, 3.05) is 23.9 Å². The Morgan fingerprint density at radius 1 is 1.00 bits per heavy atom. The number of fused-ring (bicyclic) bond motifs is 3. The van der Waals surface area contributed by atoms with Gasteiger partial charge in [-0.1, -0.05) is 55.5 Å². The third-order valence-electron chi connectivity index (χ3n) is 6.60. The Morgan fingerprint density at radius 3 is 2.29 bits per heavy atom. The number of anilines is 2. The minimum absolute atomic E-state index is 0.0159. The van der Waals surface area contributed by atoms with Gasteiger partial charge in [-0.25, -0.2) is 9.88 Å². The van der Waals surface area contributed by atoms with Gasteiger partial charge in [0.1, 0.15) is 0 Å². The summed E-state index contributed by atoms with van der Waals surface area (Å²) < 4.78 is 0. The van der Waals surface area contributed by atoms with E-state index < -0.39 is 5.92 Å². The second-order valence-electron chi connectivity index (χ2n) is 8.62. The van der Waals surface area contributed by atoms with Crippen LogP contribution < -0.4 is 9.80 Å². The van der Waals surface area contributed by atoms with Crippen LogP contribution in [0.4, 0.5) is 10.8 Å². The lowest BCUT2D eigenvalue weighted by molar-refractivity contribution is -0.123. The molecule has 3 aromatic rings. The van der Waals surface area contributed by atoms with Gasteiger partial charge in [0.2, 0.25) is 11.8 Å². The van der Waals surface area contributed by atoms with Crippen molar-refractivity contribution in [1.29, 1.82) is 0 Å². The fourth-order valence-electron chi connectivity index (χ4n) is 5.00. The van der Waals surface area contributed by atoms with E-state index in [0.717, 1.165) is 15.7 Å². The summed E-state index contributed by atoms with van der Waals surface area (Å²) in [6, 6.07) is 19.6. The zero-order valence-corrected chi connectivity index (χ0v) is 18.7. The number of carbonyl (C=O) groups is 2. The highest BCUT2D eigenvalue weighted by atomic mass is 32.1. The molecule has 0 spiro atoms. The number of nitrogens with zero attached hydrogens (tertiary/aromatic N) is 3. The summed E-state index contributed by atoms with van der Waals surface area (Å²) in [7, 11) is 3.92. The fraction of sp³-hybridized carbons (Fsp3) is 0.320. The summed E-state index contributed by atoms with van der Waals surface area (Å²) in [5.74, 6) is -0.883. The average Bonchev–Trinajstić information content (AvgIpc) is 3.33. The summed E-state index contributed by atoms with van der Waals surface area (Å²) in [4.78, 5) is 36.6. The van der Waals surface area contributed by atoms with E-state index in [9.17, 15) is 9.59 Å². The van der Waals surface area contributed by atoms with Crippen molar-refractivity contribution in [2.45, 2.75) is 25.2 Å². The van der Waals surface area contributed by atoms with Gasteiger partial charge in [-0.2, -0.15) is 0 Å². The number of aromatic nitrogens is 1. The van der Waals surface area contributed by atoms with Crippen molar-refractivity contribution < 1.29 is 9.59 Å². The molecular formula is C25H25N3O2S. The molecule has 31 heavy (non-hydrogen) atoms. The smallest absolute Gasteiger partial charge is 0.243 e. The van der Waals surface area contributed by atoms with Crippen LogP contribution in [0.2, 0.25) is 0 Å². The van der Waals surface area contributed by atoms with Crippen LogP contribution in [-0.2, 0) is 16.0 Å². The molecule has 2 aromatic carbocycles. The number of hydrogen-bond donors (Lipinski definition) is 0. The SMILES string of the molecule is C[C@@H](c1ccccc1)[C@H]1Cc2nc(N(C)C)sc2[C@H]2C(=O)N(c3ccccc3)C(=O)[C@@H]12. The Balaban J connectivity index is 1.63. The molecule has 2 aliphatic rings. The van der Waals surface area contributed by atoms with Crippen LogP contribution in [0, 0.1) is 11.8 Å². The molecule has 1 saturated heterocycles. The van der Waals surface area contributed by atoms with Crippen LogP contribution >= 0.6 is 11.3 Å². The van der Waals surface area contributed by atoms with E-state index >= 15 is 0 Å². The number of hydrogen-bond acceptors (Lipinski definition) is 5. The van der Waals surface area contributed by atoms with Crippen molar-refractivity contribution >= 4 is 34.0 Å². The third-order valence-corrected chi connectivity index (χ3v) is 7.95. The van der Waals surface area contributed by atoms with Crippen LogP contribution in [-0.4, -0.2) is 30.9 Å². The molecule has 6 heteroatoms. The molecular weight excluding hydrogens is 406 g/mol. The molecule has 0 unspecified atom stereocenters. The fourth-order valence-corrected chi connectivity index (χ4v) is 6.16. The molecule has 0 N–H and O–H groups in total. The number of para-hydroxylation sites is 1. The van der Waals surface area contributed by atoms with E-state index in [1.54, 1.807) is 11.3 Å². The number of amides is 2. The minimum atomic E-state index is -0.459. The quantitative estimate of drug-likeness (QED) is 0.573. The predicted octanol–water partition coefficient (Wildman–Crippen LogP) is 4.46. The molecule has 4 atom stereocenters. The van der Waals surface area contributed by atoms with Gasteiger partial charge in [0.25, 0.3) is 0 Å². The molecule has 5 rings (SSSR count). The zero-order valence-electron chi connectivity index (χ0n) is 17.9. The van der Waals surface area contributed by atoms with Crippen LogP contribution in [0.15, 0.2) is 60.7 Å². The maximum Gasteiger partial charge on any atom is 0.243 e.